The molecule has 3 aromatic carbocycles. The van der Waals surface area contributed by atoms with Crippen LogP contribution in [-0.2, 0) is 28.9 Å². The Labute approximate surface area is 281 Å². The SMILES string of the molecule is CCOC(=O)[C@H]1CCN(C(=O)[C@H](Nc2cc(C(N)=O)ccc2F)c2ccc(F)c(OC)c2)[C@@H]1c1cc(NC(=O)OC)ccc1S(=O)(=O)CC. The van der Waals surface area contributed by atoms with Crippen LogP contribution in [0.3, 0.4) is 0 Å². The van der Waals surface area contributed by atoms with E-state index >= 15 is 4.39 Å². The molecule has 1 saturated heterocycles. The summed E-state index contributed by atoms with van der Waals surface area (Å²) in [4.78, 5) is 53.1. The zero-order valence-electron chi connectivity index (χ0n) is 27.1. The van der Waals surface area contributed by atoms with Crippen molar-refractivity contribution in [3.63, 3.8) is 0 Å². The van der Waals surface area contributed by atoms with E-state index < -0.39 is 63.4 Å². The molecule has 16 heteroatoms. The number of carbonyl (C=O) groups excluding carboxylic acids is 4. The number of likely N-dealkylation sites (tertiary alicyclic amines) is 1. The summed E-state index contributed by atoms with van der Waals surface area (Å²) in [5.74, 6) is -5.57. The molecule has 1 aliphatic rings. The number of methoxy groups -OCH3 is 2. The third-order valence-corrected chi connectivity index (χ3v) is 9.85. The molecule has 4 rings (SSSR count). The number of halogens is 2. The number of sulfone groups is 1. The highest BCUT2D eigenvalue weighted by Crippen LogP contribution is 2.44. The Morgan fingerprint density at radius 1 is 1.00 bits per heavy atom. The van der Waals surface area contributed by atoms with Gasteiger partial charge in [0.05, 0.1) is 49.1 Å². The topological polar surface area (TPSA) is 183 Å². The van der Waals surface area contributed by atoms with E-state index in [1.807, 2.05) is 0 Å². The molecule has 3 aromatic rings. The molecule has 49 heavy (non-hydrogen) atoms. The zero-order valence-corrected chi connectivity index (χ0v) is 27.9. The number of hydrogen-bond acceptors (Lipinski definition) is 10. The van der Waals surface area contributed by atoms with Crippen LogP contribution in [0.2, 0.25) is 0 Å². The number of primary amides is 1. The number of rotatable bonds is 12. The Hall–Kier alpha value is -5.25. The minimum Gasteiger partial charge on any atom is -0.494 e. The van der Waals surface area contributed by atoms with E-state index in [9.17, 15) is 32.0 Å². The van der Waals surface area contributed by atoms with Crippen molar-refractivity contribution >= 4 is 45.1 Å². The molecule has 0 aromatic heterocycles. The Bertz CT molecular complexity index is 1870. The van der Waals surface area contributed by atoms with Gasteiger partial charge in [-0.2, -0.15) is 0 Å². The van der Waals surface area contributed by atoms with Gasteiger partial charge < -0.3 is 30.2 Å². The maximum absolute atomic E-state index is 15.2. The van der Waals surface area contributed by atoms with Crippen LogP contribution in [0.5, 0.6) is 5.75 Å². The number of nitrogens with one attached hydrogen (secondary N) is 2. The lowest BCUT2D eigenvalue weighted by atomic mass is 9.92. The molecule has 4 N–H and O–H groups in total. The van der Waals surface area contributed by atoms with Crippen LogP contribution in [0.15, 0.2) is 59.5 Å². The predicted molar refractivity (Wildman–Crippen MR) is 174 cm³/mol. The van der Waals surface area contributed by atoms with Crippen molar-refractivity contribution in [1.29, 1.82) is 0 Å². The van der Waals surface area contributed by atoms with Crippen molar-refractivity contribution in [2.75, 3.05) is 43.8 Å². The van der Waals surface area contributed by atoms with Gasteiger partial charge >= 0.3 is 12.1 Å². The van der Waals surface area contributed by atoms with Crippen LogP contribution in [0.25, 0.3) is 0 Å². The number of esters is 1. The van der Waals surface area contributed by atoms with Gasteiger partial charge in [-0.1, -0.05) is 13.0 Å². The van der Waals surface area contributed by atoms with Gasteiger partial charge in [0.25, 0.3) is 0 Å². The summed E-state index contributed by atoms with van der Waals surface area (Å²) in [5, 5.41) is 5.26. The van der Waals surface area contributed by atoms with Crippen LogP contribution in [0, 0.1) is 17.6 Å². The standard InChI is InChI=1S/C33H36F2N4O9S/c1-5-48-32(42)21-13-14-39(29(21)22-17-20(37-33(43)47-4)9-12-27(22)49(44,45)6-2)31(41)28(18-7-11-24(35)26(16-18)46-3)38-25-15-19(30(36)40)8-10-23(25)34/h7-12,15-17,21,28-29,38H,5-6,13-14H2,1-4H3,(H2,36,40)(H,37,43)/t21-,28+,29-/m0/s1. The Morgan fingerprint density at radius 3 is 2.35 bits per heavy atom. The first-order valence-electron chi connectivity index (χ1n) is 15.1. The molecule has 1 fully saturated rings. The Kier molecular flexibility index (Phi) is 11.4. The van der Waals surface area contributed by atoms with E-state index in [1.54, 1.807) is 6.92 Å². The first kappa shape index (κ1) is 36.6. The van der Waals surface area contributed by atoms with Crippen molar-refractivity contribution in [3.8, 4) is 5.75 Å². The van der Waals surface area contributed by atoms with Crippen molar-refractivity contribution in [2.24, 2.45) is 11.7 Å². The van der Waals surface area contributed by atoms with Crippen molar-refractivity contribution in [3.05, 3.63) is 82.9 Å². The van der Waals surface area contributed by atoms with Gasteiger partial charge in [-0.05, 0) is 73.0 Å². The van der Waals surface area contributed by atoms with E-state index in [0.717, 1.165) is 31.4 Å². The van der Waals surface area contributed by atoms with E-state index in [-0.39, 0.29) is 64.0 Å². The highest BCUT2D eigenvalue weighted by Gasteiger charge is 2.46. The van der Waals surface area contributed by atoms with E-state index in [2.05, 4.69) is 15.4 Å². The highest BCUT2D eigenvalue weighted by molar-refractivity contribution is 7.91. The quantitative estimate of drug-likeness (QED) is 0.230. The Morgan fingerprint density at radius 2 is 1.71 bits per heavy atom. The summed E-state index contributed by atoms with van der Waals surface area (Å²) < 4.78 is 71.6. The highest BCUT2D eigenvalue weighted by atomic mass is 32.2. The summed E-state index contributed by atoms with van der Waals surface area (Å²) in [6.45, 7) is 2.93. The number of amides is 3. The molecule has 0 saturated carbocycles. The number of nitrogens with two attached hydrogens (primary N) is 1. The van der Waals surface area contributed by atoms with Gasteiger partial charge in [-0.15, -0.1) is 0 Å². The number of ether oxygens (including phenoxy) is 3. The van der Waals surface area contributed by atoms with Gasteiger partial charge in [-0.3, -0.25) is 19.7 Å². The molecular weight excluding hydrogens is 666 g/mol. The average Bonchev–Trinajstić information content (AvgIpc) is 3.53. The molecule has 262 valence electrons. The number of carbonyl (C=O) groups is 4. The van der Waals surface area contributed by atoms with Gasteiger partial charge in [0.2, 0.25) is 11.8 Å². The van der Waals surface area contributed by atoms with Crippen molar-refractivity contribution in [2.45, 2.75) is 37.2 Å². The third-order valence-electron chi connectivity index (χ3n) is 8.05. The summed E-state index contributed by atoms with van der Waals surface area (Å²) in [6, 6.07) is 7.95. The van der Waals surface area contributed by atoms with E-state index in [1.165, 1.54) is 49.3 Å². The first-order chi connectivity index (χ1) is 23.3. The van der Waals surface area contributed by atoms with E-state index in [0.29, 0.717) is 0 Å². The van der Waals surface area contributed by atoms with Crippen molar-refractivity contribution < 1.29 is 50.6 Å². The molecule has 0 radical (unpaired) electrons. The molecule has 0 aliphatic carbocycles. The third kappa shape index (κ3) is 7.91. The number of hydrogen-bond donors (Lipinski definition) is 3. The maximum Gasteiger partial charge on any atom is 0.411 e. The molecule has 1 aliphatic heterocycles. The summed E-state index contributed by atoms with van der Waals surface area (Å²) in [5.41, 5.74) is 5.26. The lowest BCUT2D eigenvalue weighted by Crippen LogP contribution is -2.40. The zero-order chi connectivity index (χ0) is 36.0. The average molecular weight is 703 g/mol. The Balaban J connectivity index is 1.94. The molecule has 1 heterocycles. The summed E-state index contributed by atoms with van der Waals surface area (Å²) >= 11 is 0. The minimum atomic E-state index is -3.98. The first-order valence-corrected chi connectivity index (χ1v) is 16.8. The van der Waals surface area contributed by atoms with Gasteiger partial charge in [0.1, 0.15) is 11.9 Å². The fourth-order valence-electron chi connectivity index (χ4n) is 5.64. The van der Waals surface area contributed by atoms with Crippen LogP contribution < -0.4 is 21.1 Å². The molecule has 0 unspecified atom stereocenters. The second-order valence-electron chi connectivity index (χ2n) is 10.9. The van der Waals surface area contributed by atoms with Gasteiger partial charge in [0, 0.05) is 17.8 Å². The smallest absolute Gasteiger partial charge is 0.411 e. The second kappa shape index (κ2) is 15.3. The van der Waals surface area contributed by atoms with E-state index in [4.69, 9.17) is 15.2 Å². The molecule has 3 amide bonds. The molecule has 3 atom stereocenters. The fourth-order valence-corrected chi connectivity index (χ4v) is 6.76. The molecular formula is C33H36F2N4O9S. The summed E-state index contributed by atoms with van der Waals surface area (Å²) in [6.07, 6.45) is -0.811. The van der Waals surface area contributed by atoms with Crippen LogP contribution in [0.4, 0.5) is 25.0 Å². The monoisotopic (exact) mass is 702 g/mol. The lowest BCUT2D eigenvalue weighted by Gasteiger charge is -2.33. The lowest BCUT2D eigenvalue weighted by molar-refractivity contribution is -0.149. The number of benzene rings is 3. The maximum atomic E-state index is 15.2. The normalized spacial score (nSPS) is 16.4. The van der Waals surface area contributed by atoms with Gasteiger partial charge in [0.15, 0.2) is 21.4 Å². The number of nitrogens with zero attached hydrogens (tertiary/aromatic N) is 1. The fraction of sp³-hybridized carbons (Fsp3) is 0.333. The van der Waals surface area contributed by atoms with Gasteiger partial charge in [-0.25, -0.2) is 22.0 Å². The minimum absolute atomic E-state index is 0.00487. The molecule has 13 nitrogen and oxygen atoms in total. The van der Waals surface area contributed by atoms with Crippen LogP contribution in [-0.4, -0.2) is 70.3 Å². The van der Waals surface area contributed by atoms with Crippen LogP contribution in [0.1, 0.15) is 53.8 Å². The predicted octanol–water partition coefficient (Wildman–Crippen LogP) is 4.35. The van der Waals surface area contributed by atoms with Crippen molar-refractivity contribution in [1.82, 2.24) is 4.90 Å². The molecule has 0 spiro atoms. The number of anilines is 2. The second-order valence-corrected chi connectivity index (χ2v) is 13.2. The van der Waals surface area contributed by atoms with Crippen LogP contribution >= 0.6 is 0 Å². The summed E-state index contributed by atoms with van der Waals surface area (Å²) in [7, 11) is -1.63. The molecule has 0 bridgehead atoms. The largest absolute Gasteiger partial charge is 0.494 e.